The van der Waals surface area contributed by atoms with Gasteiger partial charge in [-0.2, -0.15) is 0 Å². The standard InChI is InChI=1S/C19H23N/c1-2-3-4-5-6-10-15-11-9-14-18-19(15)16-12-7-8-13-17(16)20-18/h7-9,11-14,20H,2-6,10H2,1H3. The van der Waals surface area contributed by atoms with Crippen LogP contribution in [0.15, 0.2) is 42.5 Å². The first-order chi connectivity index (χ1) is 9.90. The summed E-state index contributed by atoms with van der Waals surface area (Å²) in [7, 11) is 0. The zero-order valence-electron chi connectivity index (χ0n) is 12.3. The molecule has 2 aromatic carbocycles. The highest BCUT2D eigenvalue weighted by atomic mass is 14.7. The second-order valence-electron chi connectivity index (χ2n) is 5.67. The van der Waals surface area contributed by atoms with Gasteiger partial charge in [-0.05, 0) is 30.5 Å². The molecule has 3 rings (SSSR count). The number of benzene rings is 2. The van der Waals surface area contributed by atoms with Crippen molar-refractivity contribution in [1.29, 1.82) is 0 Å². The minimum absolute atomic E-state index is 1.20. The predicted octanol–water partition coefficient (Wildman–Crippen LogP) is 5.83. The SMILES string of the molecule is CCCCCCCc1cccc2[nH]c3ccccc3c12. The van der Waals surface area contributed by atoms with Crippen LogP contribution in [-0.2, 0) is 6.42 Å². The molecule has 1 N–H and O–H groups in total. The summed E-state index contributed by atoms with van der Waals surface area (Å²) in [5.41, 5.74) is 4.02. The lowest BCUT2D eigenvalue weighted by Gasteiger charge is -2.04. The lowest BCUT2D eigenvalue weighted by molar-refractivity contribution is 0.633. The topological polar surface area (TPSA) is 15.8 Å². The molecular weight excluding hydrogens is 242 g/mol. The van der Waals surface area contributed by atoms with Crippen molar-refractivity contribution in [3.8, 4) is 0 Å². The van der Waals surface area contributed by atoms with Crippen LogP contribution in [0.3, 0.4) is 0 Å². The van der Waals surface area contributed by atoms with E-state index in [9.17, 15) is 0 Å². The quantitative estimate of drug-likeness (QED) is 0.539. The molecule has 0 radical (unpaired) electrons. The first-order valence-electron chi connectivity index (χ1n) is 7.88. The van der Waals surface area contributed by atoms with E-state index in [1.54, 1.807) is 0 Å². The average Bonchev–Trinajstić information content (AvgIpc) is 2.86. The molecule has 0 atom stereocenters. The van der Waals surface area contributed by atoms with Crippen molar-refractivity contribution in [2.24, 2.45) is 0 Å². The Labute approximate surface area is 121 Å². The molecule has 0 aliphatic heterocycles. The van der Waals surface area contributed by atoms with Gasteiger partial charge in [0.05, 0.1) is 0 Å². The van der Waals surface area contributed by atoms with Crippen molar-refractivity contribution in [3.63, 3.8) is 0 Å². The molecule has 104 valence electrons. The molecule has 1 heteroatoms. The van der Waals surface area contributed by atoms with E-state index in [-0.39, 0.29) is 0 Å². The van der Waals surface area contributed by atoms with Crippen molar-refractivity contribution in [2.45, 2.75) is 45.4 Å². The molecule has 1 nitrogen and oxygen atoms in total. The fraction of sp³-hybridized carbons (Fsp3) is 0.368. The summed E-state index contributed by atoms with van der Waals surface area (Å²) in [6.45, 7) is 2.27. The summed E-state index contributed by atoms with van der Waals surface area (Å²) in [4.78, 5) is 3.53. The summed E-state index contributed by atoms with van der Waals surface area (Å²) >= 11 is 0. The third kappa shape index (κ3) is 2.58. The average molecular weight is 265 g/mol. The van der Waals surface area contributed by atoms with Gasteiger partial charge in [0, 0.05) is 21.8 Å². The number of aryl methyl sites for hydroxylation is 1. The maximum Gasteiger partial charge on any atom is 0.0467 e. The Balaban J connectivity index is 1.86. The third-order valence-electron chi connectivity index (χ3n) is 4.17. The van der Waals surface area contributed by atoms with E-state index in [0.29, 0.717) is 0 Å². The van der Waals surface area contributed by atoms with Gasteiger partial charge in [-0.15, -0.1) is 0 Å². The van der Waals surface area contributed by atoms with Crippen molar-refractivity contribution in [2.75, 3.05) is 0 Å². The summed E-state index contributed by atoms with van der Waals surface area (Å²) in [5.74, 6) is 0. The van der Waals surface area contributed by atoms with Crippen molar-refractivity contribution >= 4 is 21.8 Å². The molecule has 0 saturated carbocycles. The van der Waals surface area contributed by atoms with Gasteiger partial charge in [-0.25, -0.2) is 0 Å². The largest absolute Gasteiger partial charge is 0.355 e. The van der Waals surface area contributed by atoms with Crippen LogP contribution in [0.4, 0.5) is 0 Å². The summed E-state index contributed by atoms with van der Waals surface area (Å²) in [5, 5.41) is 2.80. The molecule has 0 saturated heterocycles. The second-order valence-corrected chi connectivity index (χ2v) is 5.67. The zero-order valence-corrected chi connectivity index (χ0v) is 12.3. The summed E-state index contributed by atoms with van der Waals surface area (Å²) in [6, 6.07) is 15.3. The van der Waals surface area contributed by atoms with Gasteiger partial charge < -0.3 is 4.98 Å². The molecule has 3 aromatic rings. The van der Waals surface area contributed by atoms with Crippen LogP contribution in [-0.4, -0.2) is 4.98 Å². The maximum absolute atomic E-state index is 3.53. The molecular formula is C19H23N. The van der Waals surface area contributed by atoms with E-state index >= 15 is 0 Å². The first-order valence-corrected chi connectivity index (χ1v) is 7.88. The highest BCUT2D eigenvalue weighted by Crippen LogP contribution is 2.29. The minimum atomic E-state index is 1.20. The molecule has 1 heterocycles. The van der Waals surface area contributed by atoms with Gasteiger partial charge in [-0.1, -0.05) is 62.9 Å². The monoisotopic (exact) mass is 265 g/mol. The number of para-hydroxylation sites is 1. The predicted molar refractivity (Wildman–Crippen MR) is 88.3 cm³/mol. The number of hydrogen-bond donors (Lipinski definition) is 1. The van der Waals surface area contributed by atoms with E-state index < -0.39 is 0 Å². The number of hydrogen-bond acceptors (Lipinski definition) is 0. The number of nitrogens with one attached hydrogen (secondary N) is 1. The number of fused-ring (bicyclic) bond motifs is 3. The first kappa shape index (κ1) is 13.2. The second kappa shape index (κ2) is 6.13. The van der Waals surface area contributed by atoms with Crippen LogP contribution in [0.2, 0.25) is 0 Å². The van der Waals surface area contributed by atoms with E-state index in [1.165, 1.54) is 65.9 Å². The van der Waals surface area contributed by atoms with Gasteiger partial charge in [0.2, 0.25) is 0 Å². The van der Waals surface area contributed by atoms with Gasteiger partial charge in [0.1, 0.15) is 0 Å². The lowest BCUT2D eigenvalue weighted by atomic mass is 10.0. The molecule has 1 aromatic heterocycles. The molecule has 0 fully saturated rings. The smallest absolute Gasteiger partial charge is 0.0467 e. The Morgan fingerprint density at radius 3 is 2.50 bits per heavy atom. The van der Waals surface area contributed by atoms with Crippen molar-refractivity contribution in [3.05, 3.63) is 48.0 Å². The van der Waals surface area contributed by atoms with Crippen LogP contribution in [0.25, 0.3) is 21.8 Å². The van der Waals surface area contributed by atoms with Crippen LogP contribution in [0.5, 0.6) is 0 Å². The molecule has 0 bridgehead atoms. The maximum atomic E-state index is 3.53. The number of aromatic nitrogens is 1. The number of aromatic amines is 1. The lowest BCUT2D eigenvalue weighted by Crippen LogP contribution is -1.87. The summed E-state index contributed by atoms with van der Waals surface area (Å²) < 4.78 is 0. The Kier molecular flexibility index (Phi) is 4.05. The zero-order chi connectivity index (χ0) is 13.8. The van der Waals surface area contributed by atoms with E-state index in [0.717, 1.165) is 0 Å². The highest BCUT2D eigenvalue weighted by molar-refractivity contribution is 6.08. The molecule has 0 unspecified atom stereocenters. The molecule has 0 spiro atoms. The third-order valence-corrected chi connectivity index (χ3v) is 4.17. The van der Waals surface area contributed by atoms with Gasteiger partial charge in [0.15, 0.2) is 0 Å². The van der Waals surface area contributed by atoms with E-state index in [4.69, 9.17) is 0 Å². The molecule has 0 aliphatic carbocycles. The number of unbranched alkanes of at least 4 members (excludes halogenated alkanes) is 4. The molecule has 20 heavy (non-hydrogen) atoms. The normalized spacial score (nSPS) is 11.4. The molecule has 0 aliphatic rings. The van der Waals surface area contributed by atoms with Crippen LogP contribution in [0, 0.1) is 0 Å². The van der Waals surface area contributed by atoms with E-state index in [2.05, 4.69) is 54.4 Å². The van der Waals surface area contributed by atoms with E-state index in [1.807, 2.05) is 0 Å². The van der Waals surface area contributed by atoms with Crippen LogP contribution < -0.4 is 0 Å². The summed E-state index contributed by atoms with van der Waals surface area (Å²) in [6.07, 6.45) is 7.92. The van der Waals surface area contributed by atoms with Crippen LogP contribution >= 0.6 is 0 Å². The van der Waals surface area contributed by atoms with Gasteiger partial charge >= 0.3 is 0 Å². The van der Waals surface area contributed by atoms with Gasteiger partial charge in [-0.3, -0.25) is 0 Å². The van der Waals surface area contributed by atoms with Crippen molar-refractivity contribution < 1.29 is 0 Å². The Morgan fingerprint density at radius 2 is 1.60 bits per heavy atom. The Hall–Kier alpha value is -1.76. The Bertz CT molecular complexity index is 693. The van der Waals surface area contributed by atoms with Gasteiger partial charge in [0.25, 0.3) is 0 Å². The fourth-order valence-electron chi connectivity index (χ4n) is 3.10. The Morgan fingerprint density at radius 1 is 0.800 bits per heavy atom. The fourth-order valence-corrected chi connectivity index (χ4v) is 3.10. The molecule has 0 amide bonds. The minimum Gasteiger partial charge on any atom is -0.355 e. The van der Waals surface area contributed by atoms with Crippen LogP contribution in [0.1, 0.15) is 44.6 Å². The van der Waals surface area contributed by atoms with Crippen molar-refractivity contribution in [1.82, 2.24) is 4.98 Å². The number of H-pyrrole nitrogens is 1. The number of rotatable bonds is 6. The highest BCUT2D eigenvalue weighted by Gasteiger charge is 2.07.